The minimum Gasteiger partial charge on any atom is -0.362 e. The molecule has 18 heavy (non-hydrogen) atoms. The lowest BCUT2D eigenvalue weighted by Crippen LogP contribution is -2.11. The standard InChI is InChI=1S/C13H13Cl2N3/c1-2-11(9-6-4-3-5-7-9)17-12-10(14)8-16-13(15)18-12/h3-8,11H,2H2,1H3,(H,16,17,18)/t11-/m1/s1. The summed E-state index contributed by atoms with van der Waals surface area (Å²) in [6.45, 7) is 2.10. The minimum atomic E-state index is 0.148. The van der Waals surface area contributed by atoms with E-state index in [2.05, 4.69) is 34.3 Å². The van der Waals surface area contributed by atoms with Crippen molar-refractivity contribution in [2.24, 2.45) is 0 Å². The van der Waals surface area contributed by atoms with E-state index in [0.29, 0.717) is 10.8 Å². The van der Waals surface area contributed by atoms with E-state index in [1.807, 2.05) is 18.2 Å². The van der Waals surface area contributed by atoms with Gasteiger partial charge in [0.25, 0.3) is 0 Å². The summed E-state index contributed by atoms with van der Waals surface area (Å²) in [6.07, 6.45) is 2.42. The summed E-state index contributed by atoms with van der Waals surface area (Å²) in [5.74, 6) is 0.562. The first-order chi connectivity index (χ1) is 8.70. The lowest BCUT2D eigenvalue weighted by Gasteiger charge is -2.18. The van der Waals surface area contributed by atoms with Crippen molar-refractivity contribution in [1.82, 2.24) is 9.97 Å². The van der Waals surface area contributed by atoms with Gasteiger partial charge in [0.15, 0.2) is 0 Å². The Balaban J connectivity index is 2.23. The Hall–Kier alpha value is -1.32. The molecule has 2 rings (SSSR count). The van der Waals surface area contributed by atoms with Crippen molar-refractivity contribution in [3.8, 4) is 0 Å². The first kappa shape index (κ1) is 13.1. The van der Waals surface area contributed by atoms with E-state index < -0.39 is 0 Å². The molecular formula is C13H13Cl2N3. The Morgan fingerprint density at radius 3 is 2.61 bits per heavy atom. The highest BCUT2D eigenvalue weighted by atomic mass is 35.5. The van der Waals surface area contributed by atoms with Crippen LogP contribution in [0.3, 0.4) is 0 Å². The van der Waals surface area contributed by atoms with E-state index in [4.69, 9.17) is 23.2 Å². The molecule has 0 amide bonds. The molecule has 0 fully saturated rings. The molecule has 5 heteroatoms. The summed E-state index contributed by atoms with van der Waals surface area (Å²) >= 11 is 11.8. The normalized spacial score (nSPS) is 12.2. The monoisotopic (exact) mass is 281 g/mol. The summed E-state index contributed by atoms with van der Waals surface area (Å²) in [4.78, 5) is 7.92. The third-order valence-corrected chi connectivity index (χ3v) is 3.09. The molecule has 1 heterocycles. The average Bonchev–Trinajstić information content (AvgIpc) is 2.41. The maximum absolute atomic E-state index is 6.04. The summed E-state index contributed by atoms with van der Waals surface area (Å²) < 4.78 is 0. The van der Waals surface area contributed by atoms with Crippen molar-refractivity contribution in [3.63, 3.8) is 0 Å². The van der Waals surface area contributed by atoms with Crippen molar-refractivity contribution in [2.45, 2.75) is 19.4 Å². The first-order valence-corrected chi connectivity index (χ1v) is 6.45. The number of nitrogens with one attached hydrogen (secondary N) is 1. The molecule has 0 aliphatic heterocycles. The van der Waals surface area contributed by atoms with Gasteiger partial charge in [-0.25, -0.2) is 4.98 Å². The fourth-order valence-corrected chi connectivity index (χ4v) is 2.00. The van der Waals surface area contributed by atoms with Gasteiger partial charge < -0.3 is 5.32 Å². The van der Waals surface area contributed by atoms with Crippen molar-refractivity contribution in [3.05, 3.63) is 52.4 Å². The van der Waals surface area contributed by atoms with Crippen LogP contribution in [-0.4, -0.2) is 9.97 Å². The molecule has 1 atom stereocenters. The van der Waals surface area contributed by atoms with Crippen molar-refractivity contribution in [1.29, 1.82) is 0 Å². The molecule has 0 saturated heterocycles. The average molecular weight is 282 g/mol. The maximum Gasteiger partial charge on any atom is 0.224 e. The third kappa shape index (κ3) is 3.12. The Bertz CT molecular complexity index is 517. The molecular weight excluding hydrogens is 269 g/mol. The molecule has 1 N–H and O–H groups in total. The number of aromatic nitrogens is 2. The smallest absolute Gasteiger partial charge is 0.224 e. The molecule has 94 valence electrons. The number of nitrogens with zero attached hydrogens (tertiary/aromatic N) is 2. The van der Waals surface area contributed by atoms with Crippen LogP contribution in [0.4, 0.5) is 5.82 Å². The van der Waals surface area contributed by atoms with Gasteiger partial charge in [0, 0.05) is 0 Å². The van der Waals surface area contributed by atoms with E-state index in [1.165, 1.54) is 11.8 Å². The zero-order valence-corrected chi connectivity index (χ0v) is 11.4. The Morgan fingerprint density at radius 2 is 1.94 bits per heavy atom. The molecule has 1 aromatic carbocycles. The zero-order valence-electron chi connectivity index (χ0n) is 9.90. The molecule has 0 saturated carbocycles. The number of hydrogen-bond acceptors (Lipinski definition) is 3. The summed E-state index contributed by atoms with van der Waals surface area (Å²) in [5.41, 5.74) is 1.19. The highest BCUT2D eigenvalue weighted by Crippen LogP contribution is 2.26. The summed E-state index contributed by atoms with van der Waals surface area (Å²) in [5, 5.41) is 3.94. The second-order valence-corrected chi connectivity index (χ2v) is 4.60. The van der Waals surface area contributed by atoms with Gasteiger partial charge in [-0.3, -0.25) is 0 Å². The summed E-state index contributed by atoms with van der Waals surface area (Å²) in [7, 11) is 0. The lowest BCUT2D eigenvalue weighted by atomic mass is 10.0. The van der Waals surface area contributed by atoms with Gasteiger partial charge in [-0.15, -0.1) is 0 Å². The Morgan fingerprint density at radius 1 is 1.22 bits per heavy atom. The van der Waals surface area contributed by atoms with E-state index in [-0.39, 0.29) is 11.3 Å². The fourth-order valence-electron chi connectivity index (χ4n) is 1.72. The van der Waals surface area contributed by atoms with E-state index in [9.17, 15) is 0 Å². The van der Waals surface area contributed by atoms with Gasteiger partial charge in [-0.05, 0) is 23.6 Å². The molecule has 0 unspecified atom stereocenters. The molecule has 0 bridgehead atoms. The van der Waals surface area contributed by atoms with E-state index in [0.717, 1.165) is 6.42 Å². The Labute approximate surface area is 116 Å². The predicted molar refractivity (Wildman–Crippen MR) is 75.1 cm³/mol. The van der Waals surface area contributed by atoms with Gasteiger partial charge in [-0.1, -0.05) is 48.9 Å². The molecule has 1 aromatic heterocycles. The van der Waals surface area contributed by atoms with E-state index in [1.54, 1.807) is 0 Å². The lowest BCUT2D eigenvalue weighted by molar-refractivity contribution is 0.744. The second kappa shape index (κ2) is 6.03. The molecule has 0 spiro atoms. The van der Waals surface area contributed by atoms with Gasteiger partial charge in [0.05, 0.1) is 12.2 Å². The topological polar surface area (TPSA) is 37.8 Å². The molecule has 0 aliphatic rings. The minimum absolute atomic E-state index is 0.148. The van der Waals surface area contributed by atoms with Crippen LogP contribution in [0.5, 0.6) is 0 Å². The van der Waals surface area contributed by atoms with Crippen molar-refractivity contribution >= 4 is 29.0 Å². The SMILES string of the molecule is CC[C@@H](Nc1nc(Cl)ncc1Cl)c1ccccc1. The first-order valence-electron chi connectivity index (χ1n) is 5.70. The largest absolute Gasteiger partial charge is 0.362 e. The van der Waals surface area contributed by atoms with Gasteiger partial charge >= 0.3 is 0 Å². The number of rotatable bonds is 4. The highest BCUT2D eigenvalue weighted by molar-refractivity contribution is 6.33. The van der Waals surface area contributed by atoms with Gasteiger partial charge in [0.2, 0.25) is 5.28 Å². The third-order valence-electron chi connectivity index (χ3n) is 2.64. The van der Waals surface area contributed by atoms with Crippen LogP contribution in [-0.2, 0) is 0 Å². The number of anilines is 1. The Kier molecular flexibility index (Phi) is 4.39. The van der Waals surface area contributed by atoms with Crippen LogP contribution in [0.1, 0.15) is 24.9 Å². The van der Waals surface area contributed by atoms with Crippen LogP contribution >= 0.6 is 23.2 Å². The van der Waals surface area contributed by atoms with Crippen LogP contribution in [0.2, 0.25) is 10.3 Å². The fraction of sp³-hybridized carbons (Fsp3) is 0.231. The zero-order chi connectivity index (χ0) is 13.0. The van der Waals surface area contributed by atoms with Crippen LogP contribution in [0, 0.1) is 0 Å². The van der Waals surface area contributed by atoms with Crippen LogP contribution in [0.25, 0.3) is 0 Å². The number of halogens is 2. The molecule has 0 aliphatic carbocycles. The molecule has 3 nitrogen and oxygen atoms in total. The predicted octanol–water partition coefficient (Wildman–Crippen LogP) is 4.35. The van der Waals surface area contributed by atoms with Crippen LogP contribution < -0.4 is 5.32 Å². The summed E-state index contributed by atoms with van der Waals surface area (Å²) in [6, 6.07) is 10.3. The van der Waals surface area contributed by atoms with Gasteiger partial charge in [-0.2, -0.15) is 4.98 Å². The van der Waals surface area contributed by atoms with Gasteiger partial charge in [0.1, 0.15) is 10.8 Å². The number of hydrogen-bond donors (Lipinski definition) is 1. The number of benzene rings is 1. The van der Waals surface area contributed by atoms with E-state index >= 15 is 0 Å². The quantitative estimate of drug-likeness (QED) is 0.847. The molecule has 2 aromatic rings. The maximum atomic E-state index is 6.04. The second-order valence-electron chi connectivity index (χ2n) is 3.85. The van der Waals surface area contributed by atoms with Crippen LogP contribution in [0.15, 0.2) is 36.5 Å². The molecule has 0 radical (unpaired) electrons. The van der Waals surface area contributed by atoms with Crippen molar-refractivity contribution in [2.75, 3.05) is 5.32 Å². The van der Waals surface area contributed by atoms with Crippen molar-refractivity contribution < 1.29 is 0 Å². The highest BCUT2D eigenvalue weighted by Gasteiger charge is 2.12.